The lowest BCUT2D eigenvalue weighted by Gasteiger charge is -2.28. The Balaban J connectivity index is 1.68. The highest BCUT2D eigenvalue weighted by molar-refractivity contribution is 5.79. The van der Waals surface area contributed by atoms with Gasteiger partial charge < -0.3 is 9.64 Å². The summed E-state index contributed by atoms with van der Waals surface area (Å²) in [6.07, 6.45) is 11.9. The Morgan fingerprint density at radius 1 is 1.29 bits per heavy atom. The largest absolute Gasteiger partial charge is 0.376 e. The van der Waals surface area contributed by atoms with E-state index in [1.54, 1.807) is 12.4 Å². The van der Waals surface area contributed by atoms with Gasteiger partial charge in [0.1, 0.15) is 0 Å². The van der Waals surface area contributed by atoms with Crippen molar-refractivity contribution >= 4 is 5.91 Å². The van der Waals surface area contributed by atoms with E-state index >= 15 is 0 Å². The maximum atomic E-state index is 12.8. The Morgan fingerprint density at radius 3 is 2.71 bits per heavy atom. The molecule has 0 unspecified atom stereocenters. The van der Waals surface area contributed by atoms with E-state index in [0.29, 0.717) is 13.1 Å². The highest BCUT2D eigenvalue weighted by Crippen LogP contribution is 2.23. The number of hydrogen-bond donors (Lipinski definition) is 0. The second kappa shape index (κ2) is 6.85. The van der Waals surface area contributed by atoms with Crippen LogP contribution in [0.2, 0.25) is 0 Å². The van der Waals surface area contributed by atoms with Crippen LogP contribution < -0.4 is 0 Å². The molecule has 21 heavy (non-hydrogen) atoms. The SMILES string of the molecule is O=C(C1CC=CC1)N(Cc1ccncc1)C[C@@H]1CCCO1. The number of nitrogens with zero attached hydrogens (tertiary/aromatic N) is 2. The maximum absolute atomic E-state index is 12.8. The van der Waals surface area contributed by atoms with Crippen molar-refractivity contribution in [1.82, 2.24) is 9.88 Å². The molecule has 1 saturated heterocycles. The summed E-state index contributed by atoms with van der Waals surface area (Å²) in [7, 11) is 0. The van der Waals surface area contributed by atoms with Gasteiger partial charge in [0.2, 0.25) is 5.91 Å². The predicted octanol–water partition coefficient (Wildman–Crippen LogP) is 2.56. The fourth-order valence-electron chi connectivity index (χ4n) is 3.05. The van der Waals surface area contributed by atoms with Crippen LogP contribution in [0.5, 0.6) is 0 Å². The molecule has 0 aromatic carbocycles. The standard InChI is InChI=1S/C17H22N2O2/c20-17(15-4-1-2-5-15)19(13-16-6-3-11-21-16)12-14-7-9-18-10-8-14/h1-2,7-10,15-16H,3-6,11-13H2/t16-/m0/s1. The minimum Gasteiger partial charge on any atom is -0.376 e. The van der Waals surface area contributed by atoms with E-state index in [0.717, 1.165) is 37.9 Å². The Labute approximate surface area is 125 Å². The zero-order valence-electron chi connectivity index (χ0n) is 12.3. The van der Waals surface area contributed by atoms with Gasteiger partial charge in [0.05, 0.1) is 6.10 Å². The molecule has 112 valence electrons. The van der Waals surface area contributed by atoms with Crippen LogP contribution in [0.1, 0.15) is 31.2 Å². The van der Waals surface area contributed by atoms with Crippen molar-refractivity contribution in [3.8, 4) is 0 Å². The number of carbonyl (C=O) groups is 1. The molecule has 1 aliphatic heterocycles. The van der Waals surface area contributed by atoms with Gasteiger partial charge in [-0.15, -0.1) is 0 Å². The number of allylic oxidation sites excluding steroid dienone is 2. The number of pyridine rings is 1. The summed E-state index contributed by atoms with van der Waals surface area (Å²) in [5.74, 6) is 0.376. The van der Waals surface area contributed by atoms with Crippen LogP contribution in [0.15, 0.2) is 36.7 Å². The summed E-state index contributed by atoms with van der Waals surface area (Å²) >= 11 is 0. The molecule has 2 aliphatic rings. The van der Waals surface area contributed by atoms with Crippen molar-refractivity contribution in [3.05, 3.63) is 42.2 Å². The monoisotopic (exact) mass is 286 g/mol. The number of amides is 1. The zero-order chi connectivity index (χ0) is 14.5. The van der Waals surface area contributed by atoms with Crippen molar-refractivity contribution in [2.75, 3.05) is 13.2 Å². The van der Waals surface area contributed by atoms with Gasteiger partial charge in [-0.25, -0.2) is 0 Å². The first kappa shape index (κ1) is 14.3. The molecule has 0 bridgehead atoms. The third kappa shape index (κ3) is 3.70. The number of hydrogen-bond acceptors (Lipinski definition) is 3. The van der Waals surface area contributed by atoms with Gasteiger partial charge in [0.15, 0.2) is 0 Å². The Kier molecular flexibility index (Phi) is 4.65. The fraction of sp³-hybridized carbons (Fsp3) is 0.529. The topological polar surface area (TPSA) is 42.4 Å². The number of rotatable bonds is 5. The average Bonchev–Trinajstić information content (AvgIpc) is 3.20. The summed E-state index contributed by atoms with van der Waals surface area (Å²) in [4.78, 5) is 18.8. The van der Waals surface area contributed by atoms with Gasteiger partial charge in [-0.1, -0.05) is 12.2 Å². The average molecular weight is 286 g/mol. The highest BCUT2D eigenvalue weighted by Gasteiger charge is 2.28. The third-order valence-electron chi connectivity index (χ3n) is 4.24. The Hall–Kier alpha value is -1.68. The molecule has 1 aliphatic carbocycles. The van der Waals surface area contributed by atoms with Crippen LogP contribution in [0.4, 0.5) is 0 Å². The van der Waals surface area contributed by atoms with Gasteiger partial charge in [-0.05, 0) is 43.4 Å². The van der Waals surface area contributed by atoms with Crippen LogP contribution in [0, 0.1) is 5.92 Å². The third-order valence-corrected chi connectivity index (χ3v) is 4.24. The predicted molar refractivity (Wildman–Crippen MR) is 80.5 cm³/mol. The highest BCUT2D eigenvalue weighted by atomic mass is 16.5. The second-order valence-electron chi connectivity index (χ2n) is 5.85. The van der Waals surface area contributed by atoms with E-state index in [1.165, 1.54) is 0 Å². The maximum Gasteiger partial charge on any atom is 0.226 e. The Morgan fingerprint density at radius 2 is 2.05 bits per heavy atom. The Bertz CT molecular complexity index is 487. The molecular weight excluding hydrogens is 264 g/mol. The lowest BCUT2D eigenvalue weighted by Crippen LogP contribution is -2.40. The molecule has 2 heterocycles. The van der Waals surface area contributed by atoms with Gasteiger partial charge >= 0.3 is 0 Å². The zero-order valence-corrected chi connectivity index (χ0v) is 12.3. The van der Waals surface area contributed by atoms with Crippen LogP contribution >= 0.6 is 0 Å². The van der Waals surface area contributed by atoms with Crippen LogP contribution in [0.25, 0.3) is 0 Å². The van der Waals surface area contributed by atoms with Gasteiger partial charge in [0, 0.05) is 38.0 Å². The van der Waals surface area contributed by atoms with E-state index in [-0.39, 0.29) is 17.9 Å². The quantitative estimate of drug-likeness (QED) is 0.781. The lowest BCUT2D eigenvalue weighted by molar-refractivity contribution is -0.137. The number of aromatic nitrogens is 1. The summed E-state index contributed by atoms with van der Waals surface area (Å²) in [5, 5.41) is 0. The lowest BCUT2D eigenvalue weighted by atomic mass is 10.0. The van der Waals surface area contributed by atoms with Crippen LogP contribution in [0.3, 0.4) is 0 Å². The number of ether oxygens (including phenoxy) is 1. The van der Waals surface area contributed by atoms with Crippen molar-refractivity contribution < 1.29 is 9.53 Å². The van der Waals surface area contributed by atoms with E-state index in [1.807, 2.05) is 17.0 Å². The van der Waals surface area contributed by atoms with Crippen molar-refractivity contribution in [3.63, 3.8) is 0 Å². The molecule has 1 atom stereocenters. The molecule has 0 spiro atoms. The van der Waals surface area contributed by atoms with Crippen molar-refractivity contribution in [2.45, 2.75) is 38.3 Å². The summed E-state index contributed by atoms with van der Waals surface area (Å²) in [5.41, 5.74) is 1.13. The van der Waals surface area contributed by atoms with E-state index in [4.69, 9.17) is 4.74 Å². The first-order valence-corrected chi connectivity index (χ1v) is 7.77. The smallest absolute Gasteiger partial charge is 0.226 e. The molecular formula is C17H22N2O2. The molecule has 0 saturated carbocycles. The molecule has 1 fully saturated rings. The first-order chi connectivity index (χ1) is 10.3. The number of carbonyl (C=O) groups excluding carboxylic acids is 1. The van der Waals surface area contributed by atoms with Crippen LogP contribution in [-0.2, 0) is 16.1 Å². The van der Waals surface area contributed by atoms with Crippen molar-refractivity contribution in [2.24, 2.45) is 5.92 Å². The minimum absolute atomic E-state index is 0.119. The molecule has 0 N–H and O–H groups in total. The minimum atomic E-state index is 0.119. The first-order valence-electron chi connectivity index (χ1n) is 7.77. The normalized spacial score (nSPS) is 21.8. The summed E-state index contributed by atoms with van der Waals surface area (Å²) < 4.78 is 5.71. The molecule has 1 aromatic rings. The summed E-state index contributed by atoms with van der Waals surface area (Å²) in [6.45, 7) is 2.18. The van der Waals surface area contributed by atoms with Gasteiger partial charge in [0.25, 0.3) is 0 Å². The van der Waals surface area contributed by atoms with E-state index in [2.05, 4.69) is 17.1 Å². The molecule has 3 rings (SSSR count). The molecule has 4 heteroatoms. The summed E-state index contributed by atoms with van der Waals surface area (Å²) in [6, 6.07) is 3.95. The molecule has 1 amide bonds. The van der Waals surface area contributed by atoms with Gasteiger partial charge in [-0.3, -0.25) is 9.78 Å². The fourth-order valence-corrected chi connectivity index (χ4v) is 3.05. The molecule has 4 nitrogen and oxygen atoms in total. The van der Waals surface area contributed by atoms with Gasteiger partial charge in [-0.2, -0.15) is 0 Å². The van der Waals surface area contributed by atoms with E-state index in [9.17, 15) is 4.79 Å². The van der Waals surface area contributed by atoms with E-state index < -0.39 is 0 Å². The molecule has 0 radical (unpaired) electrons. The second-order valence-corrected chi connectivity index (χ2v) is 5.85. The molecule has 1 aromatic heterocycles. The van der Waals surface area contributed by atoms with Crippen LogP contribution in [-0.4, -0.2) is 35.0 Å². The van der Waals surface area contributed by atoms with Crippen molar-refractivity contribution in [1.29, 1.82) is 0 Å².